The normalized spacial score (nSPS) is 12.9. The Hall–Kier alpha value is -3.22. The van der Waals surface area contributed by atoms with Crippen LogP contribution in [0.3, 0.4) is 0 Å². The van der Waals surface area contributed by atoms with Gasteiger partial charge in [0, 0.05) is 24.8 Å². The Balaban J connectivity index is 1.73. The first-order valence-corrected chi connectivity index (χ1v) is 8.23. The molecule has 0 unspecified atom stereocenters. The highest BCUT2D eigenvalue weighted by Gasteiger charge is 2.21. The van der Waals surface area contributed by atoms with E-state index < -0.39 is 17.6 Å². The molecular formula is C19H18FN3O3. The van der Waals surface area contributed by atoms with Crippen LogP contribution in [0.1, 0.15) is 18.9 Å². The Bertz CT molecular complexity index is 882. The van der Waals surface area contributed by atoms with Crippen molar-refractivity contribution in [2.24, 2.45) is 0 Å². The second-order valence-electron chi connectivity index (χ2n) is 6.01. The van der Waals surface area contributed by atoms with E-state index >= 15 is 0 Å². The molecule has 0 spiro atoms. The number of hydrogen-bond donors (Lipinski definition) is 2. The molecule has 1 heterocycles. The molecule has 3 amide bonds. The summed E-state index contributed by atoms with van der Waals surface area (Å²) in [7, 11) is 0. The number of nitrogens with zero attached hydrogens (tertiary/aromatic N) is 1. The van der Waals surface area contributed by atoms with Gasteiger partial charge >= 0.3 is 11.8 Å². The van der Waals surface area contributed by atoms with E-state index in [0.29, 0.717) is 12.2 Å². The smallest absolute Gasteiger partial charge is 0.314 e. The number of hydrogen-bond acceptors (Lipinski definition) is 3. The van der Waals surface area contributed by atoms with Gasteiger partial charge in [0.05, 0.1) is 5.69 Å². The Labute approximate surface area is 150 Å². The molecule has 0 atom stereocenters. The molecule has 0 saturated heterocycles. The van der Waals surface area contributed by atoms with Gasteiger partial charge < -0.3 is 15.5 Å². The van der Waals surface area contributed by atoms with Gasteiger partial charge in [0.2, 0.25) is 5.91 Å². The predicted molar refractivity (Wildman–Crippen MR) is 96.4 cm³/mol. The topological polar surface area (TPSA) is 78.5 Å². The number of fused-ring (bicyclic) bond motifs is 1. The van der Waals surface area contributed by atoms with Crippen molar-refractivity contribution in [3.05, 3.63) is 53.8 Å². The van der Waals surface area contributed by atoms with E-state index in [4.69, 9.17) is 0 Å². The Morgan fingerprint density at radius 2 is 1.77 bits per heavy atom. The summed E-state index contributed by atoms with van der Waals surface area (Å²) in [5.74, 6) is -2.60. The molecule has 0 bridgehead atoms. The van der Waals surface area contributed by atoms with Crippen LogP contribution in [0, 0.1) is 5.82 Å². The summed E-state index contributed by atoms with van der Waals surface area (Å²) in [5.41, 5.74) is 2.07. The number of carbonyl (C=O) groups excluding carboxylic acids is 3. The van der Waals surface area contributed by atoms with E-state index in [0.717, 1.165) is 24.1 Å². The highest BCUT2D eigenvalue weighted by molar-refractivity contribution is 6.43. The fourth-order valence-electron chi connectivity index (χ4n) is 2.91. The van der Waals surface area contributed by atoms with Crippen molar-refractivity contribution in [3.8, 4) is 0 Å². The molecule has 134 valence electrons. The van der Waals surface area contributed by atoms with Crippen LogP contribution in [0.25, 0.3) is 0 Å². The number of benzene rings is 2. The first-order chi connectivity index (χ1) is 12.5. The number of anilines is 3. The lowest BCUT2D eigenvalue weighted by molar-refractivity contribution is -0.133. The molecule has 2 aromatic rings. The number of rotatable bonds is 2. The van der Waals surface area contributed by atoms with Crippen LogP contribution in [-0.2, 0) is 20.8 Å². The SMILES string of the molecule is CC(=O)N1CCCc2ccc(NC(=O)C(=O)Nc3ccccc3F)cc21. The summed E-state index contributed by atoms with van der Waals surface area (Å²) < 4.78 is 13.6. The largest absolute Gasteiger partial charge is 0.318 e. The lowest BCUT2D eigenvalue weighted by Crippen LogP contribution is -2.34. The van der Waals surface area contributed by atoms with Gasteiger partial charge in [0.1, 0.15) is 5.82 Å². The summed E-state index contributed by atoms with van der Waals surface area (Å²) in [6.07, 6.45) is 1.73. The van der Waals surface area contributed by atoms with Crippen molar-refractivity contribution in [2.45, 2.75) is 19.8 Å². The third kappa shape index (κ3) is 3.72. The van der Waals surface area contributed by atoms with Crippen LogP contribution < -0.4 is 15.5 Å². The zero-order chi connectivity index (χ0) is 18.7. The van der Waals surface area contributed by atoms with E-state index in [1.54, 1.807) is 23.1 Å². The zero-order valence-electron chi connectivity index (χ0n) is 14.2. The van der Waals surface area contributed by atoms with Crippen LogP contribution in [0.2, 0.25) is 0 Å². The number of halogens is 1. The Kier molecular flexibility index (Phi) is 4.97. The molecule has 7 heteroatoms. The summed E-state index contributed by atoms with van der Waals surface area (Å²) in [6, 6.07) is 10.8. The van der Waals surface area contributed by atoms with Crippen molar-refractivity contribution < 1.29 is 18.8 Å². The number of carbonyl (C=O) groups is 3. The van der Waals surface area contributed by atoms with E-state index in [1.165, 1.54) is 25.1 Å². The van der Waals surface area contributed by atoms with Crippen LogP contribution >= 0.6 is 0 Å². The van der Waals surface area contributed by atoms with Crippen molar-refractivity contribution in [1.29, 1.82) is 0 Å². The summed E-state index contributed by atoms with van der Waals surface area (Å²) in [5, 5.41) is 4.71. The van der Waals surface area contributed by atoms with E-state index in [9.17, 15) is 18.8 Å². The van der Waals surface area contributed by atoms with Gasteiger partial charge in [-0.1, -0.05) is 18.2 Å². The molecule has 1 aliphatic rings. The second-order valence-corrected chi connectivity index (χ2v) is 6.01. The van der Waals surface area contributed by atoms with E-state index in [2.05, 4.69) is 10.6 Å². The van der Waals surface area contributed by atoms with Gasteiger partial charge in [-0.15, -0.1) is 0 Å². The quantitative estimate of drug-likeness (QED) is 0.813. The second kappa shape index (κ2) is 7.35. The highest BCUT2D eigenvalue weighted by Crippen LogP contribution is 2.30. The van der Waals surface area contributed by atoms with Crippen molar-refractivity contribution in [1.82, 2.24) is 0 Å². The molecule has 0 fully saturated rings. The molecular weight excluding hydrogens is 337 g/mol. The Morgan fingerprint density at radius 1 is 1.04 bits per heavy atom. The third-order valence-corrected chi connectivity index (χ3v) is 4.17. The van der Waals surface area contributed by atoms with E-state index in [-0.39, 0.29) is 11.6 Å². The first kappa shape index (κ1) is 17.6. The fourth-order valence-corrected chi connectivity index (χ4v) is 2.91. The summed E-state index contributed by atoms with van der Waals surface area (Å²) in [6.45, 7) is 2.11. The molecule has 2 N–H and O–H groups in total. The van der Waals surface area contributed by atoms with Crippen molar-refractivity contribution in [2.75, 3.05) is 22.1 Å². The number of aryl methyl sites for hydroxylation is 1. The Morgan fingerprint density at radius 3 is 2.50 bits per heavy atom. The lowest BCUT2D eigenvalue weighted by atomic mass is 10.0. The molecule has 3 rings (SSSR count). The van der Waals surface area contributed by atoms with Crippen molar-refractivity contribution >= 4 is 34.8 Å². The van der Waals surface area contributed by atoms with Crippen LogP contribution in [0.4, 0.5) is 21.5 Å². The molecule has 26 heavy (non-hydrogen) atoms. The first-order valence-electron chi connectivity index (χ1n) is 8.23. The predicted octanol–water partition coefficient (Wildman–Crippen LogP) is 2.70. The average Bonchev–Trinajstić information content (AvgIpc) is 2.62. The standard InChI is InChI=1S/C19H18FN3O3/c1-12(24)23-10-4-5-13-8-9-14(11-17(13)23)21-18(25)19(26)22-16-7-3-2-6-15(16)20/h2-3,6-9,11H,4-5,10H2,1H3,(H,21,25)(H,22,26). The third-order valence-electron chi connectivity index (χ3n) is 4.17. The monoisotopic (exact) mass is 355 g/mol. The highest BCUT2D eigenvalue weighted by atomic mass is 19.1. The summed E-state index contributed by atoms with van der Waals surface area (Å²) in [4.78, 5) is 37.5. The average molecular weight is 355 g/mol. The molecule has 2 aromatic carbocycles. The molecule has 0 radical (unpaired) electrons. The minimum atomic E-state index is -0.976. The number of nitrogens with one attached hydrogen (secondary N) is 2. The molecule has 0 saturated carbocycles. The van der Waals surface area contributed by atoms with Crippen LogP contribution in [0.5, 0.6) is 0 Å². The minimum Gasteiger partial charge on any atom is -0.318 e. The maximum Gasteiger partial charge on any atom is 0.314 e. The number of amides is 3. The maximum atomic E-state index is 13.6. The number of para-hydroxylation sites is 1. The minimum absolute atomic E-state index is 0.0687. The van der Waals surface area contributed by atoms with Gasteiger partial charge in [-0.2, -0.15) is 0 Å². The van der Waals surface area contributed by atoms with E-state index in [1.807, 2.05) is 6.07 Å². The van der Waals surface area contributed by atoms with Crippen LogP contribution in [-0.4, -0.2) is 24.3 Å². The zero-order valence-corrected chi connectivity index (χ0v) is 14.2. The van der Waals surface area contributed by atoms with Gasteiger partial charge in [0.25, 0.3) is 0 Å². The molecule has 1 aliphatic heterocycles. The lowest BCUT2D eigenvalue weighted by Gasteiger charge is -2.29. The van der Waals surface area contributed by atoms with Crippen molar-refractivity contribution in [3.63, 3.8) is 0 Å². The molecule has 0 aliphatic carbocycles. The summed E-state index contributed by atoms with van der Waals surface area (Å²) >= 11 is 0. The van der Waals surface area contributed by atoms with Gasteiger partial charge in [0.15, 0.2) is 0 Å². The molecule has 6 nitrogen and oxygen atoms in total. The van der Waals surface area contributed by atoms with Crippen LogP contribution in [0.15, 0.2) is 42.5 Å². The molecule has 0 aromatic heterocycles. The van der Waals surface area contributed by atoms with Gasteiger partial charge in [-0.05, 0) is 42.7 Å². The van der Waals surface area contributed by atoms with Gasteiger partial charge in [-0.25, -0.2) is 4.39 Å². The fraction of sp³-hybridized carbons (Fsp3) is 0.211. The van der Waals surface area contributed by atoms with Gasteiger partial charge in [-0.3, -0.25) is 14.4 Å². The maximum absolute atomic E-state index is 13.6.